The number of carbonyl (C=O) groups excluding carboxylic acids is 1. The number of benzene rings is 2. The minimum Gasteiger partial charge on any atom is -0.478 e. The van der Waals surface area contributed by atoms with Crippen LogP contribution in [0.4, 0.5) is 5.69 Å². The Morgan fingerprint density at radius 3 is 2.55 bits per heavy atom. The highest BCUT2D eigenvalue weighted by Gasteiger charge is 2.12. The standard InChI is InChI=1S/C23H19N3O3/c1-15-8-9-19(11-16(15)2)25-22(27)18(14-24)13-21-7-4-10-26(21)20-6-3-5-17(12-20)23(28)29/h3-13H,1-2H3,(H,25,27)(H,28,29)/b18-13-. The number of aromatic carboxylic acids is 1. The van der Waals surface area contributed by atoms with Crippen LogP contribution in [-0.2, 0) is 4.79 Å². The van der Waals surface area contributed by atoms with Crippen molar-refractivity contribution < 1.29 is 14.7 Å². The molecule has 1 heterocycles. The van der Waals surface area contributed by atoms with Crippen molar-refractivity contribution in [2.75, 3.05) is 5.32 Å². The number of aromatic nitrogens is 1. The summed E-state index contributed by atoms with van der Waals surface area (Å²) in [7, 11) is 0. The molecule has 0 saturated carbocycles. The molecule has 1 aromatic heterocycles. The smallest absolute Gasteiger partial charge is 0.335 e. The van der Waals surface area contributed by atoms with Gasteiger partial charge in [0.2, 0.25) is 0 Å². The van der Waals surface area contributed by atoms with E-state index in [1.54, 1.807) is 41.1 Å². The van der Waals surface area contributed by atoms with Gasteiger partial charge in [-0.3, -0.25) is 4.79 Å². The van der Waals surface area contributed by atoms with Crippen LogP contribution in [0.5, 0.6) is 0 Å². The van der Waals surface area contributed by atoms with Gasteiger partial charge >= 0.3 is 5.97 Å². The quantitative estimate of drug-likeness (QED) is 0.504. The van der Waals surface area contributed by atoms with Gasteiger partial charge in [0.15, 0.2) is 0 Å². The van der Waals surface area contributed by atoms with Crippen LogP contribution >= 0.6 is 0 Å². The molecule has 0 saturated heterocycles. The van der Waals surface area contributed by atoms with Crippen LogP contribution in [-0.4, -0.2) is 21.6 Å². The lowest BCUT2D eigenvalue weighted by molar-refractivity contribution is -0.112. The zero-order valence-electron chi connectivity index (χ0n) is 16.0. The molecule has 1 amide bonds. The number of carbonyl (C=O) groups is 2. The van der Waals surface area contributed by atoms with Gasteiger partial charge in [-0.25, -0.2) is 4.79 Å². The SMILES string of the molecule is Cc1ccc(NC(=O)/C(C#N)=C\c2cccn2-c2cccc(C(=O)O)c2)cc1C. The van der Waals surface area contributed by atoms with Crippen LogP contribution in [0.25, 0.3) is 11.8 Å². The summed E-state index contributed by atoms with van der Waals surface area (Å²) in [4.78, 5) is 23.8. The number of amides is 1. The molecule has 0 radical (unpaired) electrons. The van der Waals surface area contributed by atoms with E-state index in [4.69, 9.17) is 0 Å². The molecule has 0 bridgehead atoms. The van der Waals surface area contributed by atoms with Crippen LogP contribution < -0.4 is 5.32 Å². The summed E-state index contributed by atoms with van der Waals surface area (Å²) >= 11 is 0. The van der Waals surface area contributed by atoms with Crippen molar-refractivity contribution in [3.05, 3.63) is 88.8 Å². The zero-order valence-corrected chi connectivity index (χ0v) is 16.0. The van der Waals surface area contributed by atoms with Gasteiger partial charge in [-0.15, -0.1) is 0 Å². The first kappa shape index (κ1) is 19.6. The monoisotopic (exact) mass is 385 g/mol. The number of nitriles is 1. The predicted molar refractivity (Wildman–Crippen MR) is 111 cm³/mol. The van der Waals surface area contributed by atoms with Gasteiger partial charge in [0.05, 0.1) is 5.56 Å². The summed E-state index contributed by atoms with van der Waals surface area (Å²) in [6, 6.07) is 17.4. The van der Waals surface area contributed by atoms with Crippen LogP contribution in [0.15, 0.2) is 66.4 Å². The van der Waals surface area contributed by atoms with Gasteiger partial charge in [0.1, 0.15) is 11.6 Å². The molecule has 0 fully saturated rings. The third kappa shape index (κ3) is 4.42. The number of rotatable bonds is 5. The highest BCUT2D eigenvalue weighted by atomic mass is 16.4. The Bertz CT molecular complexity index is 1170. The maximum absolute atomic E-state index is 12.6. The fraction of sp³-hybridized carbons (Fsp3) is 0.0870. The summed E-state index contributed by atoms with van der Waals surface area (Å²) < 4.78 is 1.72. The molecule has 0 unspecified atom stereocenters. The molecule has 6 nitrogen and oxygen atoms in total. The van der Waals surface area contributed by atoms with E-state index in [1.807, 2.05) is 32.0 Å². The van der Waals surface area contributed by atoms with E-state index in [9.17, 15) is 20.0 Å². The van der Waals surface area contributed by atoms with E-state index in [0.29, 0.717) is 17.1 Å². The van der Waals surface area contributed by atoms with Crippen LogP contribution in [0, 0.1) is 25.2 Å². The first-order valence-electron chi connectivity index (χ1n) is 8.90. The van der Waals surface area contributed by atoms with Crippen molar-refractivity contribution >= 4 is 23.6 Å². The van der Waals surface area contributed by atoms with E-state index in [0.717, 1.165) is 11.1 Å². The van der Waals surface area contributed by atoms with E-state index in [1.165, 1.54) is 18.2 Å². The molecule has 0 aliphatic heterocycles. The zero-order chi connectivity index (χ0) is 21.0. The van der Waals surface area contributed by atoms with Gasteiger partial charge in [0, 0.05) is 23.3 Å². The fourth-order valence-electron chi connectivity index (χ4n) is 2.85. The Kier molecular flexibility index (Phi) is 5.61. The maximum Gasteiger partial charge on any atom is 0.335 e. The fourth-order valence-corrected chi connectivity index (χ4v) is 2.85. The van der Waals surface area contributed by atoms with Crippen molar-refractivity contribution in [2.45, 2.75) is 13.8 Å². The van der Waals surface area contributed by atoms with Gasteiger partial charge in [-0.1, -0.05) is 12.1 Å². The molecule has 144 valence electrons. The molecule has 3 aromatic rings. The molecule has 3 rings (SSSR count). The maximum atomic E-state index is 12.6. The van der Waals surface area contributed by atoms with Crippen LogP contribution in [0.3, 0.4) is 0 Å². The second kappa shape index (κ2) is 8.28. The Morgan fingerprint density at radius 1 is 1.07 bits per heavy atom. The molecule has 0 aliphatic rings. The molecule has 2 aromatic carbocycles. The Hall–Kier alpha value is -4.11. The summed E-state index contributed by atoms with van der Waals surface area (Å²) in [6.07, 6.45) is 3.22. The lowest BCUT2D eigenvalue weighted by Crippen LogP contribution is -2.14. The topological polar surface area (TPSA) is 95.1 Å². The first-order valence-corrected chi connectivity index (χ1v) is 8.90. The van der Waals surface area contributed by atoms with Gasteiger partial charge in [0.25, 0.3) is 5.91 Å². The summed E-state index contributed by atoms with van der Waals surface area (Å²) in [5.41, 5.74) is 4.06. The number of carboxylic acids is 1. The highest BCUT2D eigenvalue weighted by Crippen LogP contribution is 2.19. The van der Waals surface area contributed by atoms with Gasteiger partial charge < -0.3 is 15.0 Å². The largest absolute Gasteiger partial charge is 0.478 e. The van der Waals surface area contributed by atoms with Crippen molar-refractivity contribution in [3.63, 3.8) is 0 Å². The molecule has 0 spiro atoms. The lowest BCUT2D eigenvalue weighted by Gasteiger charge is -2.09. The average molecular weight is 385 g/mol. The van der Waals surface area contributed by atoms with E-state index >= 15 is 0 Å². The molecule has 29 heavy (non-hydrogen) atoms. The minimum atomic E-state index is -1.03. The summed E-state index contributed by atoms with van der Waals surface area (Å²) in [5.74, 6) is -1.54. The number of nitrogens with one attached hydrogen (secondary N) is 1. The summed E-state index contributed by atoms with van der Waals surface area (Å²) in [6.45, 7) is 3.93. The van der Waals surface area contributed by atoms with Gasteiger partial charge in [-0.2, -0.15) is 5.26 Å². The Morgan fingerprint density at radius 2 is 1.86 bits per heavy atom. The first-order chi connectivity index (χ1) is 13.9. The van der Waals surface area contributed by atoms with Gasteiger partial charge in [-0.05, 0) is 73.5 Å². The normalized spacial score (nSPS) is 11.0. The number of hydrogen-bond donors (Lipinski definition) is 2. The summed E-state index contributed by atoms with van der Waals surface area (Å²) in [5, 5.41) is 21.4. The minimum absolute atomic E-state index is 0.0578. The Labute approximate surface area is 168 Å². The predicted octanol–water partition coefficient (Wildman–Crippen LogP) is 4.34. The number of carboxylic acid groups (broad SMARTS) is 1. The number of aryl methyl sites for hydroxylation is 2. The second-order valence-corrected chi connectivity index (χ2v) is 6.58. The van der Waals surface area contributed by atoms with Crippen molar-refractivity contribution in [1.29, 1.82) is 5.26 Å². The molecule has 0 atom stereocenters. The highest BCUT2D eigenvalue weighted by molar-refractivity contribution is 6.09. The van der Waals surface area contributed by atoms with Crippen LogP contribution in [0.1, 0.15) is 27.2 Å². The second-order valence-electron chi connectivity index (χ2n) is 6.58. The molecule has 2 N–H and O–H groups in total. The molecular formula is C23H19N3O3. The number of nitrogens with zero attached hydrogens (tertiary/aromatic N) is 2. The Balaban J connectivity index is 1.90. The molecule has 0 aliphatic carbocycles. The molecular weight excluding hydrogens is 366 g/mol. The number of hydrogen-bond acceptors (Lipinski definition) is 3. The van der Waals surface area contributed by atoms with E-state index in [2.05, 4.69) is 5.32 Å². The van der Waals surface area contributed by atoms with Crippen molar-refractivity contribution in [2.24, 2.45) is 0 Å². The van der Waals surface area contributed by atoms with Crippen LogP contribution in [0.2, 0.25) is 0 Å². The third-order valence-electron chi connectivity index (χ3n) is 4.57. The van der Waals surface area contributed by atoms with E-state index < -0.39 is 11.9 Å². The van der Waals surface area contributed by atoms with Crippen molar-refractivity contribution in [3.8, 4) is 11.8 Å². The molecule has 6 heteroatoms. The van der Waals surface area contributed by atoms with E-state index in [-0.39, 0.29) is 11.1 Å². The van der Waals surface area contributed by atoms with Crippen molar-refractivity contribution in [1.82, 2.24) is 4.57 Å². The lowest BCUT2D eigenvalue weighted by atomic mass is 10.1. The third-order valence-corrected chi connectivity index (χ3v) is 4.57. The number of anilines is 1. The average Bonchev–Trinajstić information content (AvgIpc) is 3.17.